The van der Waals surface area contributed by atoms with Gasteiger partial charge in [-0.05, 0) is 90.9 Å². The first-order chi connectivity index (χ1) is 28.2. The van der Waals surface area contributed by atoms with Crippen LogP contribution in [0.4, 0.5) is 32.0 Å². The monoisotopic (exact) mass is 850 g/mol. The summed E-state index contributed by atoms with van der Waals surface area (Å²) >= 11 is 0. The second-order valence-corrected chi connectivity index (χ2v) is 16.6. The Morgan fingerprint density at radius 2 is 0.967 bits per heavy atom. The molecule has 4 aromatic rings. The van der Waals surface area contributed by atoms with Gasteiger partial charge in [-0.2, -0.15) is 26.3 Å². The maximum Gasteiger partial charge on any atom is 0.411 e. The second-order valence-electron chi connectivity index (χ2n) is 16.6. The number of hydrogen-bond acceptors (Lipinski definition) is 8. The summed E-state index contributed by atoms with van der Waals surface area (Å²) in [5, 5.41) is 0. The first kappa shape index (κ1) is 44.2. The highest BCUT2D eigenvalue weighted by Gasteiger charge is 2.73. The zero-order chi connectivity index (χ0) is 45.4. The van der Waals surface area contributed by atoms with E-state index in [9.17, 15) is 28.8 Å². The van der Waals surface area contributed by atoms with Gasteiger partial charge >= 0.3 is 24.3 Å². The van der Waals surface area contributed by atoms with Gasteiger partial charge in [0.1, 0.15) is 5.75 Å². The van der Waals surface area contributed by atoms with Crippen LogP contribution in [-0.2, 0) is 20.4 Å². The van der Waals surface area contributed by atoms with Crippen LogP contribution < -0.4 is 14.4 Å². The number of imide groups is 2. The van der Waals surface area contributed by atoms with Crippen molar-refractivity contribution in [2.75, 3.05) is 4.90 Å². The fraction of sp³-hybridized carbons (Fsp3) is 0.333. The molecule has 6 rings (SSSR count). The van der Waals surface area contributed by atoms with Crippen LogP contribution in [0.5, 0.6) is 11.5 Å². The number of esters is 2. The van der Waals surface area contributed by atoms with Crippen molar-refractivity contribution in [1.29, 1.82) is 0 Å². The average molecular weight is 851 g/mol. The summed E-state index contributed by atoms with van der Waals surface area (Å²) in [5.74, 6) is -5.84. The molecule has 320 valence electrons. The van der Waals surface area contributed by atoms with Gasteiger partial charge in [-0.25, -0.2) is 4.90 Å². The standard InChI is InChI=1S/C45H40F6N2O8/c1-9-35(54)60-33-19-23(11-17-31(33)41(3,4)5)24-12-18-32(34(20-24)61-36(55)10-2)52-37(56)27-15-13-25(21-29(27)38(52)57)43(44(46,47)48,45(49,50)51)26-14-16-28-30(22-26)40(59)53(39(28)58)42(6,7)8/h11-22H,9-10H2,1-8H3. The van der Waals surface area contributed by atoms with Gasteiger partial charge in [-0.15, -0.1) is 0 Å². The average Bonchev–Trinajstić information content (AvgIpc) is 3.56. The number of anilines is 1. The highest BCUT2D eigenvalue weighted by Crippen LogP contribution is 2.57. The lowest BCUT2D eigenvalue weighted by Gasteiger charge is -2.38. The topological polar surface area (TPSA) is 127 Å². The summed E-state index contributed by atoms with van der Waals surface area (Å²) in [6.45, 7) is 13.3. The molecule has 10 nitrogen and oxygen atoms in total. The molecule has 0 unspecified atom stereocenters. The van der Waals surface area contributed by atoms with Crippen LogP contribution in [0, 0.1) is 0 Å². The van der Waals surface area contributed by atoms with E-state index >= 15 is 26.3 Å². The Balaban J connectivity index is 1.48. The van der Waals surface area contributed by atoms with Crippen LogP contribution in [-0.4, -0.2) is 58.4 Å². The Hall–Kier alpha value is -6.32. The minimum Gasteiger partial charge on any atom is -0.426 e. The zero-order valence-electron chi connectivity index (χ0n) is 34.3. The minimum absolute atomic E-state index is 0.0858. The Kier molecular flexibility index (Phi) is 10.9. The fourth-order valence-corrected chi connectivity index (χ4v) is 7.51. The molecule has 0 atom stereocenters. The Morgan fingerprint density at radius 3 is 1.44 bits per heavy atom. The molecule has 0 saturated heterocycles. The Bertz CT molecular complexity index is 2530. The van der Waals surface area contributed by atoms with Crippen molar-refractivity contribution < 1.29 is 64.6 Å². The number of carbonyl (C=O) groups is 6. The first-order valence-electron chi connectivity index (χ1n) is 19.1. The largest absolute Gasteiger partial charge is 0.426 e. The molecule has 61 heavy (non-hydrogen) atoms. The maximum atomic E-state index is 15.4. The van der Waals surface area contributed by atoms with E-state index in [1.165, 1.54) is 45.9 Å². The van der Waals surface area contributed by atoms with Gasteiger partial charge in [-0.3, -0.25) is 33.7 Å². The predicted octanol–water partition coefficient (Wildman–Crippen LogP) is 9.89. The number of ether oxygens (including phenoxy) is 2. The third kappa shape index (κ3) is 7.35. The van der Waals surface area contributed by atoms with E-state index in [1.54, 1.807) is 25.1 Å². The van der Waals surface area contributed by atoms with Crippen LogP contribution in [0.15, 0.2) is 72.8 Å². The summed E-state index contributed by atoms with van der Waals surface area (Å²) < 4.78 is 103. The summed E-state index contributed by atoms with van der Waals surface area (Å²) in [6, 6.07) is 12.0. The van der Waals surface area contributed by atoms with Gasteiger partial charge < -0.3 is 9.47 Å². The van der Waals surface area contributed by atoms with Gasteiger partial charge in [0.15, 0.2) is 5.75 Å². The highest BCUT2D eigenvalue weighted by molar-refractivity contribution is 6.35. The van der Waals surface area contributed by atoms with Crippen LogP contribution in [0.3, 0.4) is 0 Å². The molecule has 0 fully saturated rings. The number of rotatable bonds is 8. The van der Waals surface area contributed by atoms with Crippen molar-refractivity contribution in [3.8, 4) is 22.6 Å². The number of alkyl halides is 6. The second kappa shape index (κ2) is 15.0. The molecule has 0 saturated carbocycles. The summed E-state index contributed by atoms with van der Waals surface area (Å²) in [6.07, 6.45) is -12.4. The molecule has 0 radical (unpaired) electrons. The van der Waals surface area contributed by atoms with Gasteiger partial charge in [0.05, 0.1) is 27.9 Å². The summed E-state index contributed by atoms with van der Waals surface area (Å²) in [5.41, 5.74) is -10.7. The van der Waals surface area contributed by atoms with Crippen LogP contribution in [0.2, 0.25) is 0 Å². The van der Waals surface area contributed by atoms with E-state index in [-0.39, 0.29) is 35.6 Å². The molecule has 2 aliphatic heterocycles. The molecule has 4 amide bonds. The molecular formula is C45H40F6N2O8. The molecule has 2 aliphatic rings. The number of benzene rings is 4. The number of fused-ring (bicyclic) bond motifs is 2. The number of amides is 4. The summed E-state index contributed by atoms with van der Waals surface area (Å²) in [7, 11) is 0. The Labute approximate surface area is 346 Å². The van der Waals surface area contributed by atoms with Crippen molar-refractivity contribution in [3.63, 3.8) is 0 Å². The zero-order valence-corrected chi connectivity index (χ0v) is 34.3. The SMILES string of the molecule is CCC(=O)Oc1cc(-c2ccc(C(C)(C)C)c(OC(=O)CC)c2)ccc1N1C(=O)c2ccc(C(c3ccc4c(c3)C(=O)N(C(C)(C)C)C4=O)(C(F)(F)F)C(F)(F)F)cc2C1=O. The normalized spacial score (nSPS) is 14.7. The molecule has 2 heterocycles. The van der Waals surface area contributed by atoms with E-state index in [4.69, 9.17) is 9.47 Å². The molecular weight excluding hydrogens is 810 g/mol. The van der Waals surface area contributed by atoms with Crippen molar-refractivity contribution in [3.05, 3.63) is 112 Å². The lowest BCUT2D eigenvalue weighted by molar-refractivity contribution is -0.288. The van der Waals surface area contributed by atoms with E-state index in [0.717, 1.165) is 11.0 Å². The van der Waals surface area contributed by atoms with Crippen LogP contribution >= 0.6 is 0 Å². The first-order valence-corrected chi connectivity index (χ1v) is 19.1. The lowest BCUT2D eigenvalue weighted by atomic mass is 9.71. The molecule has 0 aliphatic carbocycles. The van der Waals surface area contributed by atoms with Crippen LogP contribution in [0.25, 0.3) is 11.1 Å². The van der Waals surface area contributed by atoms with Crippen molar-refractivity contribution in [2.45, 2.75) is 97.0 Å². The number of carbonyl (C=O) groups excluding carboxylic acids is 6. The molecule has 0 N–H and O–H groups in total. The molecule has 16 heteroatoms. The summed E-state index contributed by atoms with van der Waals surface area (Å²) in [4.78, 5) is 80.6. The number of halogens is 6. The van der Waals surface area contributed by atoms with E-state index in [0.29, 0.717) is 51.9 Å². The van der Waals surface area contributed by atoms with E-state index in [1.807, 2.05) is 20.8 Å². The van der Waals surface area contributed by atoms with Crippen LogP contribution in [0.1, 0.15) is 126 Å². The van der Waals surface area contributed by atoms with Gasteiger partial charge in [0.2, 0.25) is 5.41 Å². The highest BCUT2D eigenvalue weighted by atomic mass is 19.4. The molecule has 0 aromatic heterocycles. The lowest BCUT2D eigenvalue weighted by Crippen LogP contribution is -2.55. The van der Waals surface area contributed by atoms with E-state index in [2.05, 4.69) is 0 Å². The van der Waals surface area contributed by atoms with E-state index < -0.39 is 92.1 Å². The maximum absolute atomic E-state index is 15.4. The quantitative estimate of drug-likeness (QED) is 0.0742. The minimum atomic E-state index is -6.16. The van der Waals surface area contributed by atoms with Crippen molar-refractivity contribution in [1.82, 2.24) is 4.90 Å². The van der Waals surface area contributed by atoms with Gasteiger partial charge in [0.25, 0.3) is 23.6 Å². The fourth-order valence-electron chi connectivity index (χ4n) is 7.51. The third-order valence-corrected chi connectivity index (χ3v) is 10.5. The predicted molar refractivity (Wildman–Crippen MR) is 210 cm³/mol. The molecule has 0 spiro atoms. The van der Waals surface area contributed by atoms with Crippen molar-refractivity contribution in [2.24, 2.45) is 0 Å². The van der Waals surface area contributed by atoms with Gasteiger partial charge in [0, 0.05) is 23.9 Å². The van der Waals surface area contributed by atoms with Gasteiger partial charge in [-0.1, -0.05) is 65.0 Å². The third-order valence-electron chi connectivity index (χ3n) is 10.5. The Morgan fingerprint density at radius 1 is 0.541 bits per heavy atom. The number of hydrogen-bond donors (Lipinski definition) is 0. The van der Waals surface area contributed by atoms with Crippen molar-refractivity contribution >= 4 is 41.3 Å². The number of nitrogens with zero attached hydrogens (tertiary/aromatic N) is 2. The smallest absolute Gasteiger partial charge is 0.411 e. The molecule has 0 bridgehead atoms. The molecule has 4 aromatic carbocycles.